The fourth-order valence-corrected chi connectivity index (χ4v) is 2.57. The van der Waals surface area contributed by atoms with Gasteiger partial charge >= 0.3 is 5.97 Å². The highest BCUT2D eigenvalue weighted by molar-refractivity contribution is 6.07. The molecule has 0 aliphatic rings. The van der Waals surface area contributed by atoms with Gasteiger partial charge in [0.1, 0.15) is 5.69 Å². The van der Waals surface area contributed by atoms with E-state index in [1.807, 2.05) is 31.2 Å². The van der Waals surface area contributed by atoms with Crippen molar-refractivity contribution >= 4 is 28.9 Å². The summed E-state index contributed by atoms with van der Waals surface area (Å²) in [5.41, 5.74) is 3.82. The third kappa shape index (κ3) is 4.73. The molecule has 1 heterocycles. The second kappa shape index (κ2) is 8.81. The van der Waals surface area contributed by atoms with Crippen molar-refractivity contribution in [3.05, 3.63) is 83.7 Å². The van der Waals surface area contributed by atoms with Crippen LogP contribution in [0.2, 0.25) is 0 Å². The number of hydrogen-bond donors (Lipinski definition) is 2. The van der Waals surface area contributed by atoms with Crippen LogP contribution in [0.5, 0.6) is 0 Å². The van der Waals surface area contributed by atoms with Gasteiger partial charge in [-0.05, 0) is 50.2 Å². The molecule has 0 aliphatic heterocycles. The van der Waals surface area contributed by atoms with Crippen LogP contribution in [0.4, 0.5) is 17.1 Å². The second-order valence-corrected chi connectivity index (χ2v) is 6.14. The minimum Gasteiger partial charge on any atom is -0.462 e. The average Bonchev–Trinajstić information content (AvgIpc) is 2.71. The Morgan fingerprint density at radius 1 is 0.964 bits per heavy atom. The standard InChI is InChI=1S/C22H21N3O3/c1-3-28-22(27)18-6-4-5-7-19(18)25-21(26)20-13-12-17(14-23-20)24-16-10-8-15(2)9-11-16/h4-14,24H,3H2,1-2H3,(H,25,26). The van der Waals surface area contributed by atoms with Gasteiger partial charge in [0.25, 0.3) is 5.91 Å². The molecular weight excluding hydrogens is 354 g/mol. The Morgan fingerprint density at radius 3 is 2.36 bits per heavy atom. The van der Waals surface area contributed by atoms with Gasteiger partial charge in [-0.1, -0.05) is 29.8 Å². The Labute approximate surface area is 163 Å². The molecule has 2 N–H and O–H groups in total. The molecule has 0 aliphatic carbocycles. The lowest BCUT2D eigenvalue weighted by Gasteiger charge is -2.10. The minimum atomic E-state index is -0.482. The number of carbonyl (C=O) groups is 2. The Morgan fingerprint density at radius 2 is 1.68 bits per heavy atom. The summed E-state index contributed by atoms with van der Waals surface area (Å²) in [6.07, 6.45) is 1.59. The zero-order valence-electron chi connectivity index (χ0n) is 15.7. The molecule has 0 bridgehead atoms. The third-order valence-electron chi connectivity index (χ3n) is 4.01. The van der Waals surface area contributed by atoms with Crippen molar-refractivity contribution in [2.24, 2.45) is 0 Å². The normalized spacial score (nSPS) is 10.2. The molecule has 6 nitrogen and oxygen atoms in total. The summed E-state index contributed by atoms with van der Waals surface area (Å²) in [6.45, 7) is 4.02. The number of carbonyl (C=O) groups excluding carboxylic acids is 2. The van der Waals surface area contributed by atoms with Crippen molar-refractivity contribution in [1.29, 1.82) is 0 Å². The number of amides is 1. The third-order valence-corrected chi connectivity index (χ3v) is 4.01. The van der Waals surface area contributed by atoms with Gasteiger partial charge < -0.3 is 15.4 Å². The first-order valence-corrected chi connectivity index (χ1v) is 8.94. The first-order valence-electron chi connectivity index (χ1n) is 8.94. The number of para-hydroxylation sites is 1. The molecule has 142 valence electrons. The summed E-state index contributed by atoms with van der Waals surface area (Å²) < 4.78 is 5.02. The molecule has 0 spiro atoms. The Hall–Kier alpha value is -3.67. The monoisotopic (exact) mass is 375 g/mol. The van der Waals surface area contributed by atoms with E-state index in [2.05, 4.69) is 15.6 Å². The number of aryl methyl sites for hydroxylation is 1. The van der Waals surface area contributed by atoms with Crippen LogP contribution in [-0.4, -0.2) is 23.5 Å². The van der Waals surface area contributed by atoms with E-state index in [1.165, 1.54) is 5.56 Å². The number of benzene rings is 2. The summed E-state index contributed by atoms with van der Waals surface area (Å²) in [6, 6.07) is 18.1. The van der Waals surface area contributed by atoms with E-state index >= 15 is 0 Å². The maximum Gasteiger partial charge on any atom is 0.340 e. The smallest absolute Gasteiger partial charge is 0.340 e. The van der Waals surface area contributed by atoms with Crippen LogP contribution in [0.1, 0.15) is 33.3 Å². The van der Waals surface area contributed by atoms with Crippen LogP contribution < -0.4 is 10.6 Å². The van der Waals surface area contributed by atoms with E-state index in [4.69, 9.17) is 4.74 Å². The van der Waals surface area contributed by atoms with Gasteiger partial charge in [0.15, 0.2) is 0 Å². The van der Waals surface area contributed by atoms with Crippen molar-refractivity contribution < 1.29 is 14.3 Å². The van der Waals surface area contributed by atoms with E-state index in [0.717, 1.165) is 11.4 Å². The van der Waals surface area contributed by atoms with E-state index < -0.39 is 11.9 Å². The number of nitrogens with zero attached hydrogens (tertiary/aromatic N) is 1. The molecule has 1 amide bonds. The molecule has 1 aromatic heterocycles. The summed E-state index contributed by atoms with van der Waals surface area (Å²) in [7, 11) is 0. The summed E-state index contributed by atoms with van der Waals surface area (Å²) >= 11 is 0. The van der Waals surface area contributed by atoms with Gasteiger partial charge in [-0.2, -0.15) is 0 Å². The molecule has 6 heteroatoms. The molecule has 0 unspecified atom stereocenters. The largest absolute Gasteiger partial charge is 0.462 e. The summed E-state index contributed by atoms with van der Waals surface area (Å²) in [5, 5.41) is 5.95. The molecule has 0 fully saturated rings. The maximum absolute atomic E-state index is 12.5. The molecule has 0 saturated carbocycles. The predicted octanol–water partition coefficient (Wildman–Crippen LogP) is 4.56. The number of ether oxygens (including phenoxy) is 1. The van der Waals surface area contributed by atoms with E-state index in [1.54, 1.807) is 49.5 Å². The summed E-state index contributed by atoms with van der Waals surface area (Å²) in [4.78, 5) is 28.7. The highest BCUT2D eigenvalue weighted by Crippen LogP contribution is 2.19. The Balaban J connectivity index is 1.70. The number of pyridine rings is 1. The van der Waals surface area contributed by atoms with Gasteiger partial charge in [-0.3, -0.25) is 4.79 Å². The van der Waals surface area contributed by atoms with E-state index in [0.29, 0.717) is 11.3 Å². The lowest BCUT2D eigenvalue weighted by molar-refractivity contribution is 0.0527. The lowest BCUT2D eigenvalue weighted by atomic mass is 10.1. The van der Waals surface area contributed by atoms with Crippen molar-refractivity contribution in [3.63, 3.8) is 0 Å². The highest BCUT2D eigenvalue weighted by Gasteiger charge is 2.15. The first kappa shape index (κ1) is 19.1. The van der Waals surface area contributed by atoms with E-state index in [-0.39, 0.29) is 12.3 Å². The minimum absolute atomic E-state index is 0.244. The fraction of sp³-hybridized carbons (Fsp3) is 0.136. The average molecular weight is 375 g/mol. The number of hydrogen-bond acceptors (Lipinski definition) is 5. The Bertz CT molecular complexity index is 967. The van der Waals surface area contributed by atoms with Crippen molar-refractivity contribution in [2.45, 2.75) is 13.8 Å². The van der Waals surface area contributed by atoms with Gasteiger partial charge in [0, 0.05) is 5.69 Å². The quantitative estimate of drug-likeness (QED) is 0.617. The number of rotatable bonds is 6. The van der Waals surface area contributed by atoms with Crippen molar-refractivity contribution in [1.82, 2.24) is 4.98 Å². The van der Waals surface area contributed by atoms with Gasteiger partial charge in [-0.25, -0.2) is 9.78 Å². The topological polar surface area (TPSA) is 80.3 Å². The molecule has 0 atom stereocenters. The zero-order chi connectivity index (χ0) is 19.9. The highest BCUT2D eigenvalue weighted by atomic mass is 16.5. The van der Waals surface area contributed by atoms with Gasteiger partial charge in [0.05, 0.1) is 29.7 Å². The van der Waals surface area contributed by atoms with Crippen LogP contribution >= 0.6 is 0 Å². The Kier molecular flexibility index (Phi) is 6.01. The molecule has 3 aromatic rings. The molecule has 3 rings (SSSR count). The summed E-state index contributed by atoms with van der Waals surface area (Å²) in [5.74, 6) is -0.886. The van der Waals surface area contributed by atoms with Crippen LogP contribution in [0.15, 0.2) is 66.9 Å². The number of aromatic nitrogens is 1. The zero-order valence-corrected chi connectivity index (χ0v) is 15.7. The molecular formula is C22H21N3O3. The maximum atomic E-state index is 12.5. The predicted molar refractivity (Wildman–Crippen MR) is 109 cm³/mol. The van der Waals surface area contributed by atoms with Crippen LogP contribution in [0.25, 0.3) is 0 Å². The van der Waals surface area contributed by atoms with Crippen molar-refractivity contribution in [3.8, 4) is 0 Å². The molecule has 0 saturated heterocycles. The lowest BCUT2D eigenvalue weighted by Crippen LogP contribution is -2.17. The second-order valence-electron chi connectivity index (χ2n) is 6.14. The van der Waals surface area contributed by atoms with Crippen LogP contribution in [-0.2, 0) is 4.74 Å². The molecule has 28 heavy (non-hydrogen) atoms. The fourth-order valence-electron chi connectivity index (χ4n) is 2.57. The molecule has 2 aromatic carbocycles. The number of anilines is 3. The van der Waals surface area contributed by atoms with E-state index in [9.17, 15) is 9.59 Å². The SMILES string of the molecule is CCOC(=O)c1ccccc1NC(=O)c1ccc(Nc2ccc(C)cc2)cn1. The molecule has 0 radical (unpaired) electrons. The van der Waals surface area contributed by atoms with Crippen molar-refractivity contribution in [2.75, 3.05) is 17.2 Å². The first-order chi connectivity index (χ1) is 13.6. The number of nitrogens with one attached hydrogen (secondary N) is 2. The van der Waals surface area contributed by atoms with Crippen LogP contribution in [0.3, 0.4) is 0 Å². The number of esters is 1. The van der Waals surface area contributed by atoms with Gasteiger partial charge in [-0.15, -0.1) is 0 Å². The van der Waals surface area contributed by atoms with Gasteiger partial charge in [0.2, 0.25) is 0 Å². The van der Waals surface area contributed by atoms with Crippen LogP contribution in [0, 0.1) is 6.92 Å².